The first kappa shape index (κ1) is 20.0. The highest BCUT2D eigenvalue weighted by Gasteiger charge is 2.20. The van der Waals surface area contributed by atoms with Crippen LogP contribution in [0.15, 0.2) is 30.8 Å². The van der Waals surface area contributed by atoms with Gasteiger partial charge in [-0.1, -0.05) is 6.58 Å². The number of hydrogen-bond acceptors (Lipinski definition) is 6. The number of anilines is 1. The highest BCUT2D eigenvalue weighted by molar-refractivity contribution is 5.98. The lowest BCUT2D eigenvalue weighted by atomic mass is 9.96. The van der Waals surface area contributed by atoms with E-state index in [1.54, 1.807) is 24.3 Å². The summed E-state index contributed by atoms with van der Waals surface area (Å²) in [7, 11) is 5.99. The lowest BCUT2D eigenvalue weighted by molar-refractivity contribution is -0.114. The van der Waals surface area contributed by atoms with Crippen molar-refractivity contribution in [3.05, 3.63) is 42.0 Å². The van der Waals surface area contributed by atoms with Crippen LogP contribution >= 0.6 is 0 Å². The number of carbonyl (C=O) groups excluding carboxylic acids is 1. The predicted octanol–water partition coefficient (Wildman–Crippen LogP) is 3.45. The van der Waals surface area contributed by atoms with Gasteiger partial charge < -0.3 is 29.4 Å². The van der Waals surface area contributed by atoms with E-state index in [0.717, 1.165) is 0 Å². The number of benzene rings is 2. The van der Waals surface area contributed by atoms with Crippen LogP contribution in [-0.2, 0) is 4.79 Å². The number of aromatic hydroxyl groups is 1. The molecule has 0 saturated heterocycles. The van der Waals surface area contributed by atoms with Crippen molar-refractivity contribution in [1.29, 1.82) is 0 Å². The van der Waals surface area contributed by atoms with Gasteiger partial charge in [-0.3, -0.25) is 4.79 Å². The number of carbonyl (C=O) groups is 1. The molecule has 0 spiro atoms. The molecular formula is C20H23NO6. The van der Waals surface area contributed by atoms with Crippen molar-refractivity contribution < 1.29 is 28.8 Å². The standard InChI is InChI=1S/C20H23NO6/c1-11(13-9-16(25-4)20(27-6)17(10-13)26-5)14-7-8-15(24-3)19(23)18(14)21-12(2)22/h7-10,23H,1H2,2-6H3,(H,21,22). The number of rotatable bonds is 7. The monoisotopic (exact) mass is 373 g/mol. The third kappa shape index (κ3) is 3.92. The Kier molecular flexibility index (Phi) is 6.18. The molecule has 7 nitrogen and oxygen atoms in total. The average molecular weight is 373 g/mol. The second-order valence-electron chi connectivity index (χ2n) is 5.61. The minimum absolute atomic E-state index is 0.182. The molecule has 0 fully saturated rings. The summed E-state index contributed by atoms with van der Waals surface area (Å²) in [5.41, 5.74) is 1.94. The first-order valence-electron chi connectivity index (χ1n) is 8.05. The molecule has 2 aromatic rings. The number of ether oxygens (including phenoxy) is 4. The zero-order valence-electron chi connectivity index (χ0n) is 16.0. The van der Waals surface area contributed by atoms with E-state index in [4.69, 9.17) is 18.9 Å². The van der Waals surface area contributed by atoms with Crippen molar-refractivity contribution in [2.75, 3.05) is 33.8 Å². The zero-order valence-corrected chi connectivity index (χ0v) is 16.0. The molecule has 1 amide bonds. The fraction of sp³-hybridized carbons (Fsp3) is 0.250. The van der Waals surface area contributed by atoms with E-state index >= 15 is 0 Å². The Balaban J connectivity index is 2.64. The minimum Gasteiger partial charge on any atom is -0.503 e. The second-order valence-corrected chi connectivity index (χ2v) is 5.61. The maximum absolute atomic E-state index is 11.6. The molecule has 0 saturated carbocycles. The average Bonchev–Trinajstić information content (AvgIpc) is 2.67. The van der Waals surface area contributed by atoms with E-state index in [1.807, 2.05) is 0 Å². The van der Waals surface area contributed by atoms with Crippen LogP contribution in [0.5, 0.6) is 28.7 Å². The summed E-state index contributed by atoms with van der Waals surface area (Å²) in [4.78, 5) is 11.6. The molecule has 0 aliphatic carbocycles. The number of amides is 1. The van der Waals surface area contributed by atoms with Gasteiger partial charge in [-0.15, -0.1) is 0 Å². The lowest BCUT2D eigenvalue weighted by Crippen LogP contribution is -2.09. The van der Waals surface area contributed by atoms with Gasteiger partial charge in [0.2, 0.25) is 11.7 Å². The molecule has 2 rings (SSSR count). The number of phenols is 1. The SMILES string of the molecule is C=C(c1cc(OC)c(OC)c(OC)c1)c1ccc(OC)c(O)c1NC(C)=O. The summed E-state index contributed by atoms with van der Waals surface area (Å²) in [6.07, 6.45) is 0. The fourth-order valence-corrected chi connectivity index (χ4v) is 2.70. The van der Waals surface area contributed by atoms with Crippen molar-refractivity contribution in [2.24, 2.45) is 0 Å². The Morgan fingerprint density at radius 1 is 0.963 bits per heavy atom. The van der Waals surface area contributed by atoms with Gasteiger partial charge in [0.15, 0.2) is 23.0 Å². The van der Waals surface area contributed by atoms with E-state index in [-0.39, 0.29) is 23.1 Å². The molecule has 27 heavy (non-hydrogen) atoms. The molecule has 0 aliphatic rings. The Bertz CT molecular complexity index is 850. The van der Waals surface area contributed by atoms with Crippen LogP contribution in [0.3, 0.4) is 0 Å². The van der Waals surface area contributed by atoms with Gasteiger partial charge in [-0.05, 0) is 35.4 Å². The van der Waals surface area contributed by atoms with Gasteiger partial charge in [0, 0.05) is 12.5 Å². The van der Waals surface area contributed by atoms with Crippen LogP contribution in [0.25, 0.3) is 5.57 Å². The largest absolute Gasteiger partial charge is 0.503 e. The molecule has 0 atom stereocenters. The molecule has 7 heteroatoms. The molecule has 2 aromatic carbocycles. The van der Waals surface area contributed by atoms with Crippen molar-refractivity contribution in [2.45, 2.75) is 6.92 Å². The van der Waals surface area contributed by atoms with Crippen LogP contribution in [0.2, 0.25) is 0 Å². The number of nitrogens with one attached hydrogen (secondary N) is 1. The van der Waals surface area contributed by atoms with Gasteiger partial charge >= 0.3 is 0 Å². The van der Waals surface area contributed by atoms with Crippen LogP contribution in [0.1, 0.15) is 18.1 Å². The van der Waals surface area contributed by atoms with Gasteiger partial charge in [0.05, 0.1) is 34.1 Å². The number of phenolic OH excluding ortho intramolecular Hbond substituents is 1. The van der Waals surface area contributed by atoms with Crippen LogP contribution in [-0.4, -0.2) is 39.5 Å². The first-order valence-corrected chi connectivity index (χ1v) is 8.05. The Morgan fingerprint density at radius 3 is 1.96 bits per heavy atom. The molecular weight excluding hydrogens is 350 g/mol. The second kappa shape index (κ2) is 8.35. The van der Waals surface area contributed by atoms with E-state index in [1.165, 1.54) is 35.4 Å². The minimum atomic E-state index is -0.336. The number of methoxy groups -OCH3 is 4. The first-order chi connectivity index (χ1) is 12.9. The topological polar surface area (TPSA) is 86.2 Å². The van der Waals surface area contributed by atoms with Crippen molar-refractivity contribution in [3.63, 3.8) is 0 Å². The molecule has 0 aliphatic heterocycles. The summed E-state index contributed by atoms with van der Waals surface area (Å²) in [6, 6.07) is 6.78. The maximum Gasteiger partial charge on any atom is 0.221 e. The van der Waals surface area contributed by atoms with Gasteiger partial charge in [0.25, 0.3) is 0 Å². The Morgan fingerprint density at radius 2 is 1.52 bits per heavy atom. The van der Waals surface area contributed by atoms with Crippen LogP contribution < -0.4 is 24.3 Å². The Hall–Kier alpha value is -3.35. The smallest absolute Gasteiger partial charge is 0.221 e. The number of hydrogen-bond donors (Lipinski definition) is 2. The Labute approximate surface area is 158 Å². The van der Waals surface area contributed by atoms with Crippen LogP contribution in [0, 0.1) is 0 Å². The molecule has 0 bridgehead atoms. The third-order valence-corrected chi connectivity index (χ3v) is 4.00. The summed E-state index contributed by atoms with van der Waals surface area (Å²) in [5, 5.41) is 13.1. The van der Waals surface area contributed by atoms with Gasteiger partial charge in [-0.2, -0.15) is 0 Å². The molecule has 144 valence electrons. The molecule has 0 aromatic heterocycles. The van der Waals surface area contributed by atoms with E-state index in [9.17, 15) is 9.90 Å². The molecule has 0 unspecified atom stereocenters. The highest BCUT2D eigenvalue weighted by Crippen LogP contribution is 2.44. The molecule has 2 N–H and O–H groups in total. The quantitative estimate of drug-likeness (QED) is 0.723. The summed E-state index contributed by atoms with van der Waals surface area (Å²) in [5.74, 6) is 1.10. The van der Waals surface area contributed by atoms with Gasteiger partial charge in [0.1, 0.15) is 0 Å². The van der Waals surface area contributed by atoms with E-state index in [0.29, 0.717) is 33.9 Å². The summed E-state index contributed by atoms with van der Waals surface area (Å²) < 4.78 is 21.2. The van der Waals surface area contributed by atoms with E-state index < -0.39 is 0 Å². The van der Waals surface area contributed by atoms with Crippen molar-refractivity contribution in [1.82, 2.24) is 0 Å². The predicted molar refractivity (Wildman–Crippen MR) is 103 cm³/mol. The van der Waals surface area contributed by atoms with Gasteiger partial charge in [-0.25, -0.2) is 0 Å². The normalized spacial score (nSPS) is 10.1. The molecule has 0 radical (unpaired) electrons. The summed E-state index contributed by atoms with van der Waals surface area (Å²) in [6.45, 7) is 5.46. The maximum atomic E-state index is 11.6. The van der Waals surface area contributed by atoms with E-state index in [2.05, 4.69) is 11.9 Å². The fourth-order valence-electron chi connectivity index (χ4n) is 2.70. The van der Waals surface area contributed by atoms with Crippen molar-refractivity contribution >= 4 is 17.2 Å². The molecule has 0 heterocycles. The summed E-state index contributed by atoms with van der Waals surface area (Å²) >= 11 is 0. The lowest BCUT2D eigenvalue weighted by Gasteiger charge is -2.18. The highest BCUT2D eigenvalue weighted by atomic mass is 16.5. The third-order valence-electron chi connectivity index (χ3n) is 4.00. The van der Waals surface area contributed by atoms with Crippen LogP contribution in [0.4, 0.5) is 5.69 Å². The zero-order chi connectivity index (χ0) is 20.1. The van der Waals surface area contributed by atoms with Crippen molar-refractivity contribution in [3.8, 4) is 28.7 Å².